The van der Waals surface area contributed by atoms with E-state index in [1.807, 2.05) is 0 Å². The predicted molar refractivity (Wildman–Crippen MR) is 80.8 cm³/mol. The first-order valence-electron chi connectivity index (χ1n) is 6.68. The van der Waals surface area contributed by atoms with Gasteiger partial charge < -0.3 is 11.1 Å². The van der Waals surface area contributed by atoms with E-state index in [0.717, 1.165) is 23.8 Å². The lowest BCUT2D eigenvalue weighted by molar-refractivity contribution is 0.0917. The molecule has 0 saturated heterocycles. The molecule has 6 heteroatoms. The van der Waals surface area contributed by atoms with Gasteiger partial charge in [0.15, 0.2) is 0 Å². The van der Waals surface area contributed by atoms with Crippen LogP contribution in [-0.4, -0.2) is 16.9 Å². The number of nitrogens with zero attached hydrogens (tertiary/aromatic N) is 1. The zero-order chi connectivity index (χ0) is 13.0. The average Bonchev–Trinajstić information content (AvgIpc) is 2.88. The van der Waals surface area contributed by atoms with E-state index in [1.165, 1.54) is 30.6 Å². The summed E-state index contributed by atoms with van der Waals surface area (Å²) in [5.74, 6) is 0.798. The lowest BCUT2D eigenvalue weighted by Crippen LogP contribution is -2.37. The van der Waals surface area contributed by atoms with Crippen molar-refractivity contribution in [3.05, 3.63) is 16.1 Å². The zero-order valence-corrected chi connectivity index (χ0v) is 12.9. The van der Waals surface area contributed by atoms with Gasteiger partial charge in [-0.2, -0.15) is 0 Å². The van der Waals surface area contributed by atoms with E-state index in [4.69, 9.17) is 5.73 Å². The van der Waals surface area contributed by atoms with Crippen molar-refractivity contribution in [3.8, 4) is 0 Å². The van der Waals surface area contributed by atoms with Crippen LogP contribution in [0.1, 0.15) is 54.5 Å². The van der Waals surface area contributed by atoms with Crippen molar-refractivity contribution < 1.29 is 4.79 Å². The van der Waals surface area contributed by atoms with Crippen LogP contribution in [-0.2, 0) is 6.54 Å². The molecule has 0 radical (unpaired) electrons. The molecule has 3 N–H and O–H groups in total. The maximum Gasteiger partial charge on any atom is 0.270 e. The molecule has 1 aliphatic carbocycles. The molecule has 0 atom stereocenters. The topological polar surface area (TPSA) is 68.0 Å². The maximum atomic E-state index is 12.0. The van der Waals surface area contributed by atoms with Gasteiger partial charge in [0.1, 0.15) is 10.7 Å². The van der Waals surface area contributed by atoms with Crippen LogP contribution in [0.15, 0.2) is 5.38 Å². The lowest BCUT2D eigenvalue weighted by atomic mass is 9.84. The highest BCUT2D eigenvalue weighted by atomic mass is 35.5. The van der Waals surface area contributed by atoms with Gasteiger partial charge in [-0.15, -0.1) is 23.7 Å². The largest absolute Gasteiger partial charge is 0.348 e. The number of carbonyl (C=O) groups is 1. The molecule has 108 valence electrons. The summed E-state index contributed by atoms with van der Waals surface area (Å²) >= 11 is 1.45. The van der Waals surface area contributed by atoms with Crippen molar-refractivity contribution in [1.82, 2.24) is 10.3 Å². The molecule has 1 aromatic rings. The summed E-state index contributed by atoms with van der Waals surface area (Å²) in [5, 5.41) is 5.68. The van der Waals surface area contributed by atoms with Crippen molar-refractivity contribution >= 4 is 29.7 Å². The van der Waals surface area contributed by atoms with Gasteiger partial charge in [-0.3, -0.25) is 4.79 Å². The van der Waals surface area contributed by atoms with Crippen LogP contribution in [0.25, 0.3) is 0 Å². The summed E-state index contributed by atoms with van der Waals surface area (Å²) in [5.41, 5.74) is 6.01. The summed E-state index contributed by atoms with van der Waals surface area (Å²) in [7, 11) is 0. The predicted octanol–water partition coefficient (Wildman–Crippen LogP) is 2.72. The van der Waals surface area contributed by atoms with Crippen LogP contribution in [0.5, 0.6) is 0 Å². The van der Waals surface area contributed by atoms with Gasteiger partial charge in [-0.05, 0) is 31.6 Å². The normalized spacial score (nSPS) is 22.6. The molecule has 19 heavy (non-hydrogen) atoms. The number of thiazole rings is 1. The first kappa shape index (κ1) is 16.4. The number of nitrogens with two attached hydrogens (primary N) is 1. The Morgan fingerprint density at radius 3 is 2.68 bits per heavy atom. The van der Waals surface area contributed by atoms with E-state index >= 15 is 0 Å². The minimum absolute atomic E-state index is 0. The second-order valence-electron chi connectivity index (χ2n) is 4.93. The van der Waals surface area contributed by atoms with E-state index in [1.54, 1.807) is 5.38 Å². The number of amides is 1. The molecule has 0 spiro atoms. The smallest absolute Gasteiger partial charge is 0.270 e. The van der Waals surface area contributed by atoms with Crippen LogP contribution < -0.4 is 11.1 Å². The molecule has 0 unspecified atom stereocenters. The maximum absolute atomic E-state index is 12.0. The number of rotatable bonds is 4. The molecule has 1 amide bonds. The summed E-state index contributed by atoms with van der Waals surface area (Å²) < 4.78 is 0. The fourth-order valence-corrected chi connectivity index (χ4v) is 3.14. The molecular weight excluding hydrogens is 282 g/mol. The Kier molecular flexibility index (Phi) is 6.75. The molecular formula is C13H22ClN3OS. The highest BCUT2D eigenvalue weighted by Gasteiger charge is 2.22. The third-order valence-electron chi connectivity index (χ3n) is 3.72. The van der Waals surface area contributed by atoms with Crippen LogP contribution in [0.4, 0.5) is 0 Å². The number of hydrogen-bond donors (Lipinski definition) is 2. The van der Waals surface area contributed by atoms with Gasteiger partial charge in [0.05, 0.1) is 0 Å². The Labute approximate surface area is 124 Å². The Morgan fingerprint density at radius 2 is 2.16 bits per heavy atom. The standard InChI is InChI=1S/C13H21N3OS.ClH/c1-2-9-3-5-10(6-4-9)15-13(17)11-8-18-12(7-14)16-11;/h8-10H,2-7,14H2,1H3,(H,15,17);1H. The molecule has 0 aromatic carbocycles. The third-order valence-corrected chi connectivity index (χ3v) is 4.59. The van der Waals surface area contributed by atoms with Crippen molar-refractivity contribution in [3.63, 3.8) is 0 Å². The van der Waals surface area contributed by atoms with Crippen LogP contribution in [0, 0.1) is 5.92 Å². The number of carbonyl (C=O) groups excluding carboxylic acids is 1. The van der Waals surface area contributed by atoms with Crippen molar-refractivity contribution in [2.75, 3.05) is 0 Å². The second kappa shape index (κ2) is 7.82. The van der Waals surface area contributed by atoms with Crippen molar-refractivity contribution in [2.45, 2.75) is 51.6 Å². The Balaban J connectivity index is 0.00000180. The minimum Gasteiger partial charge on any atom is -0.348 e. The quantitative estimate of drug-likeness (QED) is 0.898. The fraction of sp³-hybridized carbons (Fsp3) is 0.692. The summed E-state index contributed by atoms with van der Waals surface area (Å²) in [4.78, 5) is 16.2. The lowest BCUT2D eigenvalue weighted by Gasteiger charge is -2.28. The third kappa shape index (κ3) is 4.44. The molecule has 0 bridgehead atoms. The second-order valence-corrected chi connectivity index (χ2v) is 5.87. The number of hydrogen-bond acceptors (Lipinski definition) is 4. The van der Waals surface area contributed by atoms with E-state index < -0.39 is 0 Å². The number of halogens is 1. The van der Waals surface area contributed by atoms with Crippen molar-refractivity contribution in [1.29, 1.82) is 0 Å². The van der Waals surface area contributed by atoms with E-state index in [2.05, 4.69) is 17.2 Å². The molecule has 2 rings (SSSR count). The van der Waals surface area contributed by atoms with E-state index in [0.29, 0.717) is 18.3 Å². The van der Waals surface area contributed by atoms with Crippen LogP contribution >= 0.6 is 23.7 Å². The molecule has 4 nitrogen and oxygen atoms in total. The van der Waals surface area contributed by atoms with E-state index in [9.17, 15) is 4.79 Å². The zero-order valence-electron chi connectivity index (χ0n) is 11.2. The fourth-order valence-electron chi connectivity index (χ4n) is 2.48. The molecule has 1 aliphatic rings. The first-order chi connectivity index (χ1) is 8.72. The molecule has 1 aromatic heterocycles. The van der Waals surface area contributed by atoms with Gasteiger partial charge in [0.2, 0.25) is 0 Å². The van der Waals surface area contributed by atoms with Gasteiger partial charge in [0.25, 0.3) is 5.91 Å². The molecule has 1 saturated carbocycles. The van der Waals surface area contributed by atoms with Crippen LogP contribution in [0.3, 0.4) is 0 Å². The van der Waals surface area contributed by atoms with Gasteiger partial charge >= 0.3 is 0 Å². The average molecular weight is 304 g/mol. The number of nitrogens with one attached hydrogen (secondary N) is 1. The first-order valence-corrected chi connectivity index (χ1v) is 7.56. The monoisotopic (exact) mass is 303 g/mol. The van der Waals surface area contributed by atoms with E-state index in [-0.39, 0.29) is 18.3 Å². The summed E-state index contributed by atoms with van der Waals surface area (Å²) in [6.45, 7) is 2.65. The molecule has 1 fully saturated rings. The Hall–Kier alpha value is -0.650. The highest BCUT2D eigenvalue weighted by Crippen LogP contribution is 2.26. The summed E-state index contributed by atoms with van der Waals surface area (Å²) in [6.07, 6.45) is 5.90. The highest BCUT2D eigenvalue weighted by molar-refractivity contribution is 7.09. The minimum atomic E-state index is -0.0501. The van der Waals surface area contributed by atoms with Gasteiger partial charge in [0, 0.05) is 18.0 Å². The van der Waals surface area contributed by atoms with Crippen molar-refractivity contribution in [2.24, 2.45) is 11.7 Å². The molecule has 1 heterocycles. The SMILES string of the molecule is CCC1CCC(NC(=O)c2csc(CN)n2)CC1.Cl. The molecule has 0 aliphatic heterocycles. The van der Waals surface area contributed by atoms with Gasteiger partial charge in [-0.1, -0.05) is 13.3 Å². The number of aromatic nitrogens is 1. The van der Waals surface area contributed by atoms with Gasteiger partial charge in [-0.25, -0.2) is 4.98 Å². The van der Waals surface area contributed by atoms with Crippen LogP contribution in [0.2, 0.25) is 0 Å². The summed E-state index contributed by atoms with van der Waals surface area (Å²) in [6, 6.07) is 0.323. The Morgan fingerprint density at radius 1 is 1.47 bits per heavy atom. The Bertz CT molecular complexity index is 402.